The number of nitrogens with one attached hydrogen (secondary N) is 1. The average molecular weight is 365 g/mol. The molecule has 1 N–H and O–H groups in total. The topological polar surface area (TPSA) is 64.0 Å². The highest BCUT2D eigenvalue weighted by Gasteiger charge is 2.21. The molecule has 1 heterocycles. The third kappa shape index (κ3) is 3.47. The molecule has 1 aliphatic carbocycles. The molecular weight excluding hydrogens is 345 g/mol. The second-order valence-corrected chi connectivity index (χ2v) is 6.87. The Hall–Kier alpha value is -3.02. The van der Waals surface area contributed by atoms with E-state index in [9.17, 15) is 14.0 Å². The molecule has 0 atom stereocenters. The Kier molecular flexibility index (Phi) is 4.71. The number of aromatic nitrogens is 2. The number of benzene rings is 2. The molecule has 138 valence electrons. The molecule has 1 saturated carbocycles. The lowest BCUT2D eigenvalue weighted by molar-refractivity contribution is 0.0950. The predicted octanol–water partition coefficient (Wildman–Crippen LogP) is 3.58. The fraction of sp³-hybridized carbons (Fsp3) is 0.286. The summed E-state index contributed by atoms with van der Waals surface area (Å²) in [6.07, 6.45) is 4.08. The van der Waals surface area contributed by atoms with Crippen LogP contribution in [-0.2, 0) is 6.54 Å². The lowest BCUT2D eigenvalue weighted by Gasteiger charge is -2.16. The standard InChI is InChI=1S/C21H20FN3O2/c22-15-7-5-6-14(12-15)20(26)23-13-19-17-10-3-4-11-18(17)21(27)25(24-19)16-8-1-2-9-16/h3-7,10-12,16H,1-2,8-9,13H2,(H,23,26). The van der Waals surface area contributed by atoms with Gasteiger partial charge in [0.2, 0.25) is 0 Å². The number of hydrogen-bond donors (Lipinski definition) is 1. The van der Waals surface area contributed by atoms with Crippen LogP contribution >= 0.6 is 0 Å². The number of hydrogen-bond acceptors (Lipinski definition) is 3. The number of carbonyl (C=O) groups is 1. The van der Waals surface area contributed by atoms with Gasteiger partial charge in [-0.1, -0.05) is 37.1 Å². The first-order chi connectivity index (χ1) is 13.1. The fourth-order valence-electron chi connectivity index (χ4n) is 3.70. The number of carbonyl (C=O) groups excluding carboxylic acids is 1. The van der Waals surface area contributed by atoms with E-state index in [-0.39, 0.29) is 29.6 Å². The Morgan fingerprint density at radius 2 is 1.85 bits per heavy atom. The Morgan fingerprint density at radius 3 is 2.59 bits per heavy atom. The maximum absolute atomic E-state index is 13.3. The average Bonchev–Trinajstić information content (AvgIpc) is 3.22. The lowest BCUT2D eigenvalue weighted by atomic mass is 10.1. The first kappa shape index (κ1) is 17.4. The normalized spacial score (nSPS) is 14.6. The Morgan fingerprint density at radius 1 is 1.11 bits per heavy atom. The van der Waals surface area contributed by atoms with Gasteiger partial charge in [-0.05, 0) is 37.1 Å². The van der Waals surface area contributed by atoms with Crippen LogP contribution in [-0.4, -0.2) is 15.7 Å². The SMILES string of the molecule is O=C(NCc1nn(C2CCCC2)c(=O)c2ccccc12)c1cccc(F)c1. The Bertz CT molecular complexity index is 1050. The summed E-state index contributed by atoms with van der Waals surface area (Å²) in [5.41, 5.74) is 0.808. The van der Waals surface area contributed by atoms with Gasteiger partial charge in [0, 0.05) is 10.9 Å². The minimum Gasteiger partial charge on any atom is -0.346 e. The summed E-state index contributed by atoms with van der Waals surface area (Å²) in [4.78, 5) is 25.2. The summed E-state index contributed by atoms with van der Waals surface area (Å²) in [6.45, 7) is 0.170. The zero-order valence-electron chi connectivity index (χ0n) is 14.8. The van der Waals surface area contributed by atoms with Crippen molar-refractivity contribution < 1.29 is 9.18 Å². The molecule has 5 nitrogen and oxygen atoms in total. The van der Waals surface area contributed by atoms with Crippen LogP contribution in [0.4, 0.5) is 4.39 Å². The Balaban J connectivity index is 1.67. The number of fused-ring (bicyclic) bond motifs is 1. The highest BCUT2D eigenvalue weighted by molar-refractivity contribution is 5.94. The van der Waals surface area contributed by atoms with E-state index in [4.69, 9.17) is 0 Å². The van der Waals surface area contributed by atoms with Gasteiger partial charge in [-0.25, -0.2) is 9.07 Å². The van der Waals surface area contributed by atoms with Crippen LogP contribution in [0.3, 0.4) is 0 Å². The molecule has 1 amide bonds. The van der Waals surface area contributed by atoms with Crippen LogP contribution in [0.5, 0.6) is 0 Å². The van der Waals surface area contributed by atoms with Gasteiger partial charge in [0.15, 0.2) is 0 Å². The smallest absolute Gasteiger partial charge is 0.274 e. The predicted molar refractivity (Wildman–Crippen MR) is 101 cm³/mol. The summed E-state index contributed by atoms with van der Waals surface area (Å²) in [7, 11) is 0. The second-order valence-electron chi connectivity index (χ2n) is 6.87. The molecule has 0 saturated heterocycles. The van der Waals surface area contributed by atoms with Crippen molar-refractivity contribution in [2.24, 2.45) is 0 Å². The van der Waals surface area contributed by atoms with Gasteiger partial charge >= 0.3 is 0 Å². The van der Waals surface area contributed by atoms with E-state index in [1.807, 2.05) is 18.2 Å². The van der Waals surface area contributed by atoms with Crippen molar-refractivity contribution in [2.75, 3.05) is 0 Å². The van der Waals surface area contributed by atoms with Gasteiger partial charge in [0.05, 0.1) is 23.7 Å². The molecule has 1 aromatic heterocycles. The molecule has 0 radical (unpaired) electrons. The third-order valence-electron chi connectivity index (χ3n) is 5.08. The van der Waals surface area contributed by atoms with E-state index >= 15 is 0 Å². The molecule has 6 heteroatoms. The molecule has 4 rings (SSSR count). The van der Waals surface area contributed by atoms with Crippen LogP contribution in [0.15, 0.2) is 53.3 Å². The van der Waals surface area contributed by atoms with Crippen molar-refractivity contribution in [2.45, 2.75) is 38.3 Å². The van der Waals surface area contributed by atoms with Gasteiger partial charge in [0.25, 0.3) is 11.5 Å². The van der Waals surface area contributed by atoms with Crippen molar-refractivity contribution in [1.29, 1.82) is 0 Å². The molecule has 0 aliphatic heterocycles. The molecule has 3 aromatic rings. The van der Waals surface area contributed by atoms with E-state index in [2.05, 4.69) is 10.4 Å². The van der Waals surface area contributed by atoms with Crippen LogP contribution in [0.2, 0.25) is 0 Å². The van der Waals surface area contributed by atoms with E-state index < -0.39 is 5.82 Å². The van der Waals surface area contributed by atoms with Crippen molar-refractivity contribution in [1.82, 2.24) is 15.1 Å². The summed E-state index contributed by atoms with van der Waals surface area (Å²) >= 11 is 0. The van der Waals surface area contributed by atoms with Gasteiger partial charge in [0.1, 0.15) is 5.82 Å². The summed E-state index contributed by atoms with van der Waals surface area (Å²) < 4.78 is 14.9. The summed E-state index contributed by atoms with van der Waals surface area (Å²) in [5.74, 6) is -0.833. The molecule has 0 spiro atoms. The molecule has 0 unspecified atom stereocenters. The van der Waals surface area contributed by atoms with Crippen molar-refractivity contribution in [3.63, 3.8) is 0 Å². The Labute approximate surface area is 155 Å². The van der Waals surface area contributed by atoms with Crippen LogP contribution in [0.25, 0.3) is 10.8 Å². The number of nitrogens with zero attached hydrogens (tertiary/aromatic N) is 2. The first-order valence-corrected chi connectivity index (χ1v) is 9.17. The zero-order chi connectivity index (χ0) is 18.8. The van der Waals surface area contributed by atoms with Crippen molar-refractivity contribution in [3.05, 3.63) is 76.0 Å². The molecule has 2 aromatic carbocycles. The minimum atomic E-state index is -0.457. The molecule has 27 heavy (non-hydrogen) atoms. The first-order valence-electron chi connectivity index (χ1n) is 9.17. The van der Waals surface area contributed by atoms with Gasteiger partial charge < -0.3 is 5.32 Å². The van der Waals surface area contributed by atoms with E-state index in [0.29, 0.717) is 11.1 Å². The van der Waals surface area contributed by atoms with E-state index in [1.165, 1.54) is 18.2 Å². The largest absolute Gasteiger partial charge is 0.346 e. The number of rotatable bonds is 4. The second kappa shape index (κ2) is 7.31. The van der Waals surface area contributed by atoms with Crippen LogP contribution < -0.4 is 10.9 Å². The molecule has 1 aliphatic rings. The molecular formula is C21H20FN3O2. The highest BCUT2D eigenvalue weighted by Crippen LogP contribution is 2.28. The van der Waals surface area contributed by atoms with Gasteiger partial charge in [-0.15, -0.1) is 0 Å². The monoisotopic (exact) mass is 365 g/mol. The fourth-order valence-corrected chi connectivity index (χ4v) is 3.70. The minimum absolute atomic E-state index is 0.0855. The maximum atomic E-state index is 13.3. The van der Waals surface area contributed by atoms with Crippen molar-refractivity contribution >= 4 is 16.7 Å². The maximum Gasteiger partial charge on any atom is 0.274 e. The highest BCUT2D eigenvalue weighted by atomic mass is 19.1. The van der Waals surface area contributed by atoms with Gasteiger partial charge in [-0.3, -0.25) is 9.59 Å². The zero-order valence-corrected chi connectivity index (χ0v) is 14.8. The van der Waals surface area contributed by atoms with Crippen LogP contribution in [0.1, 0.15) is 47.8 Å². The van der Waals surface area contributed by atoms with Crippen molar-refractivity contribution in [3.8, 4) is 0 Å². The van der Waals surface area contributed by atoms with Crippen LogP contribution in [0, 0.1) is 5.82 Å². The third-order valence-corrected chi connectivity index (χ3v) is 5.08. The van der Waals surface area contributed by atoms with E-state index in [0.717, 1.165) is 31.1 Å². The summed E-state index contributed by atoms with van der Waals surface area (Å²) in [6, 6.07) is 13.0. The number of halogens is 1. The molecule has 0 bridgehead atoms. The quantitative estimate of drug-likeness (QED) is 0.769. The summed E-state index contributed by atoms with van der Waals surface area (Å²) in [5, 5.41) is 8.71. The lowest BCUT2D eigenvalue weighted by Crippen LogP contribution is -2.30. The molecule has 1 fully saturated rings. The number of amides is 1. The van der Waals surface area contributed by atoms with E-state index in [1.54, 1.807) is 16.8 Å². The van der Waals surface area contributed by atoms with Gasteiger partial charge in [-0.2, -0.15) is 5.10 Å².